The van der Waals surface area contributed by atoms with Gasteiger partial charge in [-0.2, -0.15) is 0 Å². The molecular formula is C21H23ClFN5O2. The fourth-order valence-electron chi connectivity index (χ4n) is 3.67. The second-order valence-electron chi connectivity index (χ2n) is 7.46. The summed E-state index contributed by atoms with van der Waals surface area (Å²) in [5.41, 5.74) is 2.91. The molecule has 1 fully saturated rings. The van der Waals surface area contributed by atoms with Gasteiger partial charge >= 0.3 is 0 Å². The first kappa shape index (κ1) is 20.7. The predicted molar refractivity (Wildman–Crippen MR) is 115 cm³/mol. The number of aromatic nitrogens is 1. The van der Waals surface area contributed by atoms with Gasteiger partial charge in [0.15, 0.2) is 0 Å². The summed E-state index contributed by atoms with van der Waals surface area (Å²) < 4.78 is 19.0. The summed E-state index contributed by atoms with van der Waals surface area (Å²) in [5.74, 6) is 1.05. The van der Waals surface area contributed by atoms with E-state index in [0.717, 1.165) is 35.7 Å². The Labute approximate surface area is 179 Å². The molecule has 0 radical (unpaired) electrons. The molecule has 1 saturated heterocycles. The molecule has 1 aromatic heterocycles. The van der Waals surface area contributed by atoms with Gasteiger partial charge in [-0.3, -0.25) is 9.89 Å². The first-order valence-corrected chi connectivity index (χ1v) is 10.1. The number of pyridine rings is 1. The van der Waals surface area contributed by atoms with Crippen molar-refractivity contribution in [1.82, 2.24) is 9.88 Å². The number of fused-ring (bicyclic) bond motifs is 1. The Balaban J connectivity index is 1.51. The number of anilines is 1. The lowest BCUT2D eigenvalue weighted by Crippen LogP contribution is -2.44. The minimum Gasteiger partial charge on any atom is -0.411 e. The molecule has 0 amide bonds. The average Bonchev–Trinajstić information content (AvgIpc) is 3.17. The summed E-state index contributed by atoms with van der Waals surface area (Å²) in [6.45, 7) is 2.96. The summed E-state index contributed by atoms with van der Waals surface area (Å²) in [6, 6.07) is 6.54. The van der Waals surface area contributed by atoms with E-state index >= 15 is 0 Å². The molecule has 2 N–H and O–H groups in total. The van der Waals surface area contributed by atoms with E-state index in [2.05, 4.69) is 27.4 Å². The second-order valence-corrected chi connectivity index (χ2v) is 7.86. The quantitative estimate of drug-likeness (QED) is 0.432. The summed E-state index contributed by atoms with van der Waals surface area (Å²) in [6.07, 6.45) is 2.54. The maximum Gasteiger partial charge on any atom is 0.141 e. The van der Waals surface area contributed by atoms with Crippen LogP contribution in [0.15, 0.2) is 40.6 Å². The molecule has 2 aliphatic rings. The van der Waals surface area contributed by atoms with Crippen LogP contribution in [0.4, 0.5) is 10.2 Å². The largest absolute Gasteiger partial charge is 0.411 e. The van der Waals surface area contributed by atoms with Crippen LogP contribution in [0.2, 0.25) is 5.02 Å². The highest BCUT2D eigenvalue weighted by Crippen LogP contribution is 2.27. The zero-order valence-electron chi connectivity index (χ0n) is 16.6. The third-order valence-electron chi connectivity index (χ3n) is 5.46. The molecule has 158 valence electrons. The Morgan fingerprint density at radius 1 is 1.43 bits per heavy atom. The van der Waals surface area contributed by atoms with Crippen molar-refractivity contribution in [3.05, 3.63) is 58.0 Å². The van der Waals surface area contributed by atoms with Crippen molar-refractivity contribution in [3.8, 4) is 0 Å². The molecule has 0 saturated carbocycles. The maximum atomic E-state index is 13.4. The zero-order valence-corrected chi connectivity index (χ0v) is 17.4. The Hall–Kier alpha value is -2.55. The van der Waals surface area contributed by atoms with Gasteiger partial charge in [0, 0.05) is 36.7 Å². The van der Waals surface area contributed by atoms with Gasteiger partial charge in [-0.05, 0) is 30.8 Å². The highest BCUT2D eigenvalue weighted by Gasteiger charge is 2.25. The fraction of sp³-hybridized carbons (Fsp3) is 0.381. The molecule has 9 heteroatoms. The molecule has 0 aliphatic carbocycles. The summed E-state index contributed by atoms with van der Waals surface area (Å²) in [7, 11) is 2.08. The van der Waals surface area contributed by atoms with Gasteiger partial charge in [-0.25, -0.2) is 9.37 Å². The van der Waals surface area contributed by atoms with Gasteiger partial charge in [0.05, 0.1) is 36.5 Å². The van der Waals surface area contributed by atoms with Gasteiger partial charge in [-0.1, -0.05) is 22.8 Å². The molecule has 30 heavy (non-hydrogen) atoms. The second kappa shape index (κ2) is 9.07. The number of oxime groups is 1. The van der Waals surface area contributed by atoms with Crippen molar-refractivity contribution < 1.29 is 14.3 Å². The Bertz CT molecular complexity index is 997. The third kappa shape index (κ3) is 4.45. The summed E-state index contributed by atoms with van der Waals surface area (Å²) >= 11 is 5.88. The van der Waals surface area contributed by atoms with Crippen LogP contribution in [0.5, 0.6) is 0 Å². The van der Waals surface area contributed by atoms with Gasteiger partial charge < -0.3 is 15.3 Å². The summed E-state index contributed by atoms with van der Waals surface area (Å²) in [4.78, 5) is 11.4. The van der Waals surface area contributed by atoms with Crippen molar-refractivity contribution in [2.75, 3.05) is 38.7 Å². The lowest BCUT2D eigenvalue weighted by atomic mass is 9.98. The molecule has 7 nitrogen and oxygen atoms in total. The minimum absolute atomic E-state index is 0.0393. The smallest absolute Gasteiger partial charge is 0.141 e. The molecule has 3 heterocycles. The van der Waals surface area contributed by atoms with Gasteiger partial charge in [0.25, 0.3) is 0 Å². The summed E-state index contributed by atoms with van der Waals surface area (Å²) in [5, 5.41) is 16.5. The third-order valence-corrected chi connectivity index (χ3v) is 5.75. The van der Waals surface area contributed by atoms with E-state index in [1.165, 1.54) is 12.1 Å². The van der Waals surface area contributed by atoms with Gasteiger partial charge in [0.2, 0.25) is 0 Å². The van der Waals surface area contributed by atoms with Crippen LogP contribution in [0, 0.1) is 5.82 Å². The van der Waals surface area contributed by atoms with E-state index in [0.29, 0.717) is 37.5 Å². The molecule has 1 atom stereocenters. The number of rotatable bonds is 5. The van der Waals surface area contributed by atoms with Crippen LogP contribution in [0.25, 0.3) is 0 Å². The molecule has 1 unspecified atom stereocenters. The van der Waals surface area contributed by atoms with Crippen LogP contribution < -0.4 is 5.32 Å². The first-order chi connectivity index (χ1) is 14.5. The number of nitrogens with one attached hydrogen (secondary N) is 1. The van der Waals surface area contributed by atoms with Crippen LogP contribution in [0.3, 0.4) is 0 Å². The van der Waals surface area contributed by atoms with Crippen molar-refractivity contribution in [2.24, 2.45) is 10.1 Å². The van der Waals surface area contributed by atoms with Crippen molar-refractivity contribution in [2.45, 2.75) is 18.9 Å². The van der Waals surface area contributed by atoms with E-state index in [1.54, 1.807) is 12.3 Å². The van der Waals surface area contributed by atoms with Crippen LogP contribution in [-0.4, -0.2) is 66.0 Å². The standard InChI is InChI=1S/C21H23ClFN5O2/c1-28-6-7-30-12-14(28)11-25-20-10-16-15(4-5-24-21(16)26-20)19(27-29)9-13-2-3-18(23)17(22)8-13/h2-5,8,14,29H,6-7,9-12H2,1H3,(H,24,25,26)/b27-19+. The van der Waals surface area contributed by atoms with Crippen molar-refractivity contribution in [3.63, 3.8) is 0 Å². The van der Waals surface area contributed by atoms with E-state index in [4.69, 9.17) is 21.3 Å². The van der Waals surface area contributed by atoms with E-state index in [-0.39, 0.29) is 11.1 Å². The number of hydrogen-bond donors (Lipinski definition) is 2. The maximum absolute atomic E-state index is 13.4. The van der Waals surface area contributed by atoms with Crippen molar-refractivity contribution >= 4 is 29.0 Å². The number of benzene rings is 1. The van der Waals surface area contributed by atoms with Gasteiger partial charge in [0.1, 0.15) is 17.5 Å². The van der Waals surface area contributed by atoms with Crippen LogP contribution in [0.1, 0.15) is 16.7 Å². The molecular weight excluding hydrogens is 409 g/mol. The molecule has 0 spiro atoms. The van der Waals surface area contributed by atoms with E-state index in [9.17, 15) is 9.60 Å². The number of likely N-dealkylation sites (N-methyl/N-ethyl adjacent to an activating group) is 1. The van der Waals surface area contributed by atoms with Crippen molar-refractivity contribution in [1.29, 1.82) is 0 Å². The number of morpholine rings is 1. The van der Waals surface area contributed by atoms with Crippen LogP contribution in [-0.2, 0) is 17.6 Å². The Morgan fingerprint density at radius 2 is 2.30 bits per heavy atom. The van der Waals surface area contributed by atoms with Crippen LogP contribution >= 0.6 is 11.6 Å². The number of amidine groups is 1. The molecule has 1 aromatic carbocycles. The predicted octanol–water partition coefficient (Wildman–Crippen LogP) is 2.99. The molecule has 2 aromatic rings. The molecule has 0 bridgehead atoms. The number of aliphatic imine (C=N–C) groups is 1. The average molecular weight is 432 g/mol. The number of hydrogen-bond acceptors (Lipinski definition) is 6. The molecule has 4 rings (SSSR count). The highest BCUT2D eigenvalue weighted by atomic mass is 35.5. The Morgan fingerprint density at radius 3 is 3.07 bits per heavy atom. The minimum atomic E-state index is -0.480. The Kier molecular flexibility index (Phi) is 6.26. The lowest BCUT2D eigenvalue weighted by molar-refractivity contribution is 0.00966. The monoisotopic (exact) mass is 431 g/mol. The highest BCUT2D eigenvalue weighted by molar-refractivity contribution is 6.30. The number of halogens is 2. The number of nitrogens with zero attached hydrogens (tertiary/aromatic N) is 4. The lowest BCUT2D eigenvalue weighted by Gasteiger charge is -2.31. The van der Waals surface area contributed by atoms with E-state index < -0.39 is 5.82 Å². The van der Waals surface area contributed by atoms with E-state index in [1.807, 2.05) is 6.07 Å². The molecule has 2 aliphatic heterocycles. The topological polar surface area (TPSA) is 82.3 Å². The number of ether oxygens (including phenoxy) is 1. The van der Waals surface area contributed by atoms with Gasteiger partial charge in [-0.15, -0.1) is 0 Å². The first-order valence-electron chi connectivity index (χ1n) is 9.76. The SMILES string of the molecule is CN1CCOCC1CN=C1Cc2c(/C(Cc3ccc(F)c(Cl)c3)=N/O)ccnc2N1. The fourth-order valence-corrected chi connectivity index (χ4v) is 3.87. The zero-order chi connectivity index (χ0) is 21.1. The normalized spacial score (nSPS) is 21.0.